The van der Waals surface area contributed by atoms with Crippen LogP contribution in [-0.4, -0.2) is 29.0 Å². The van der Waals surface area contributed by atoms with Crippen molar-refractivity contribution >= 4 is 22.7 Å². The summed E-state index contributed by atoms with van der Waals surface area (Å²) in [6.07, 6.45) is 0. The van der Waals surface area contributed by atoms with Crippen molar-refractivity contribution in [2.24, 2.45) is 5.41 Å². The first-order valence-corrected chi connectivity index (χ1v) is 10.2. The fourth-order valence-electron chi connectivity index (χ4n) is 3.23. The molecular weight excluding hydrogens is 362 g/mol. The van der Waals surface area contributed by atoms with Gasteiger partial charge < -0.3 is 14.6 Å². The first-order valence-electron chi connectivity index (χ1n) is 10.2. The van der Waals surface area contributed by atoms with Gasteiger partial charge in [-0.25, -0.2) is 4.98 Å². The van der Waals surface area contributed by atoms with Crippen molar-refractivity contribution < 1.29 is 9.53 Å². The molecule has 0 aliphatic rings. The Bertz CT molecular complexity index is 1000. The number of carbonyl (C=O) groups excluding carboxylic acids is 1. The Hall–Kier alpha value is -2.82. The molecule has 3 aromatic rings. The quantitative estimate of drug-likeness (QED) is 0.450. The molecule has 3 rings (SSSR count). The smallest absolute Gasteiger partial charge is 0.316 e. The Balaban J connectivity index is 2.12. The average Bonchev–Trinajstić information content (AvgIpc) is 3.05. The Kier molecular flexibility index (Phi) is 5.69. The number of benzene rings is 2. The number of anilines is 1. The van der Waals surface area contributed by atoms with Crippen molar-refractivity contribution in [3.8, 4) is 17.1 Å². The molecular formula is C24H31N3O2. The molecule has 0 amide bonds. The van der Waals surface area contributed by atoms with E-state index >= 15 is 0 Å². The molecule has 0 bridgehead atoms. The molecule has 1 heterocycles. The molecule has 0 saturated heterocycles. The van der Waals surface area contributed by atoms with E-state index in [2.05, 4.69) is 55.8 Å². The van der Waals surface area contributed by atoms with E-state index in [1.54, 1.807) is 0 Å². The van der Waals surface area contributed by atoms with E-state index in [0.29, 0.717) is 11.6 Å². The number of esters is 1. The van der Waals surface area contributed by atoms with Gasteiger partial charge in [0.25, 0.3) is 0 Å². The summed E-state index contributed by atoms with van der Waals surface area (Å²) in [5.41, 5.74) is 5.51. The predicted octanol–water partition coefficient (Wildman–Crippen LogP) is 5.64. The van der Waals surface area contributed by atoms with Crippen LogP contribution in [0, 0.1) is 19.3 Å². The molecule has 1 aromatic heterocycles. The van der Waals surface area contributed by atoms with Gasteiger partial charge in [0.05, 0.1) is 22.0 Å². The minimum absolute atomic E-state index is 0.266. The van der Waals surface area contributed by atoms with Gasteiger partial charge in [0.2, 0.25) is 0 Å². The van der Waals surface area contributed by atoms with E-state index in [0.717, 1.165) is 35.4 Å². The monoisotopic (exact) mass is 393 g/mol. The summed E-state index contributed by atoms with van der Waals surface area (Å²) in [5.74, 6) is 0.966. The van der Waals surface area contributed by atoms with Gasteiger partial charge in [0, 0.05) is 24.8 Å². The van der Waals surface area contributed by atoms with Crippen molar-refractivity contribution in [1.82, 2.24) is 9.97 Å². The van der Waals surface area contributed by atoms with E-state index in [1.807, 2.05) is 32.9 Å². The average molecular weight is 394 g/mol. The SMILES string of the molecule is CCN(CC)c1ccc(-c2nc3cc(C)c(C)cc3[nH]2)c(OC(=O)C(C)(C)C)c1. The summed E-state index contributed by atoms with van der Waals surface area (Å²) >= 11 is 0. The summed E-state index contributed by atoms with van der Waals surface area (Å²) in [5, 5.41) is 0. The van der Waals surface area contributed by atoms with E-state index in [1.165, 1.54) is 11.1 Å². The molecule has 5 nitrogen and oxygen atoms in total. The number of imidazole rings is 1. The van der Waals surface area contributed by atoms with Gasteiger partial charge in [0.1, 0.15) is 11.6 Å². The largest absolute Gasteiger partial charge is 0.425 e. The highest BCUT2D eigenvalue weighted by Crippen LogP contribution is 2.35. The third-order valence-corrected chi connectivity index (χ3v) is 5.26. The van der Waals surface area contributed by atoms with Crippen LogP contribution in [0.5, 0.6) is 5.75 Å². The molecule has 154 valence electrons. The molecule has 0 aliphatic heterocycles. The van der Waals surface area contributed by atoms with Crippen LogP contribution in [0.2, 0.25) is 0 Å². The first kappa shape index (κ1) is 20.9. The maximum absolute atomic E-state index is 12.6. The number of hydrogen-bond donors (Lipinski definition) is 1. The normalized spacial score (nSPS) is 11.7. The third kappa shape index (κ3) is 4.29. The van der Waals surface area contributed by atoms with Crippen LogP contribution in [0.1, 0.15) is 45.7 Å². The Morgan fingerprint density at radius 1 is 1.07 bits per heavy atom. The van der Waals surface area contributed by atoms with Crippen LogP contribution in [0.4, 0.5) is 5.69 Å². The molecule has 0 saturated carbocycles. The van der Waals surface area contributed by atoms with E-state index < -0.39 is 5.41 Å². The van der Waals surface area contributed by atoms with E-state index in [4.69, 9.17) is 9.72 Å². The molecule has 0 unspecified atom stereocenters. The lowest BCUT2D eigenvalue weighted by atomic mass is 9.97. The number of rotatable bonds is 5. The number of hydrogen-bond acceptors (Lipinski definition) is 4. The molecule has 1 N–H and O–H groups in total. The third-order valence-electron chi connectivity index (χ3n) is 5.26. The molecule has 2 aromatic carbocycles. The minimum Gasteiger partial charge on any atom is -0.425 e. The second-order valence-corrected chi connectivity index (χ2v) is 8.53. The minimum atomic E-state index is -0.593. The van der Waals surface area contributed by atoms with Crippen LogP contribution in [0.15, 0.2) is 30.3 Å². The Morgan fingerprint density at radius 3 is 2.34 bits per heavy atom. The molecule has 0 radical (unpaired) electrons. The Morgan fingerprint density at radius 2 is 1.72 bits per heavy atom. The first-order chi connectivity index (χ1) is 13.6. The number of ether oxygens (including phenoxy) is 1. The number of nitrogens with zero attached hydrogens (tertiary/aromatic N) is 2. The summed E-state index contributed by atoms with van der Waals surface area (Å²) in [6, 6.07) is 10.2. The van der Waals surface area contributed by atoms with Gasteiger partial charge in [-0.2, -0.15) is 0 Å². The Labute approximate surface area is 173 Å². The predicted molar refractivity (Wildman–Crippen MR) is 120 cm³/mol. The molecule has 29 heavy (non-hydrogen) atoms. The van der Waals surface area contributed by atoms with Crippen LogP contribution >= 0.6 is 0 Å². The van der Waals surface area contributed by atoms with Crippen LogP contribution in [0.25, 0.3) is 22.4 Å². The van der Waals surface area contributed by atoms with Crippen molar-refractivity contribution in [1.29, 1.82) is 0 Å². The van der Waals surface area contributed by atoms with Gasteiger partial charge in [-0.15, -0.1) is 0 Å². The number of aryl methyl sites for hydroxylation is 2. The standard InChI is InChI=1S/C24H31N3O2/c1-8-27(9-2)17-10-11-18(21(14-17)29-23(28)24(5,6)7)22-25-19-12-15(3)16(4)13-20(19)26-22/h10-14H,8-9H2,1-7H3,(H,25,26). The zero-order valence-electron chi connectivity index (χ0n) is 18.5. The maximum atomic E-state index is 12.6. The maximum Gasteiger partial charge on any atom is 0.316 e. The van der Waals surface area contributed by atoms with Crippen molar-refractivity contribution in [2.45, 2.75) is 48.5 Å². The number of H-pyrrole nitrogens is 1. The second-order valence-electron chi connectivity index (χ2n) is 8.53. The van der Waals surface area contributed by atoms with Gasteiger partial charge in [-0.1, -0.05) is 0 Å². The molecule has 0 fully saturated rings. The fraction of sp³-hybridized carbons (Fsp3) is 0.417. The molecule has 0 aliphatic carbocycles. The number of fused-ring (bicyclic) bond motifs is 1. The zero-order valence-corrected chi connectivity index (χ0v) is 18.5. The van der Waals surface area contributed by atoms with Gasteiger partial charge in [0.15, 0.2) is 0 Å². The van der Waals surface area contributed by atoms with Crippen molar-refractivity contribution in [3.63, 3.8) is 0 Å². The van der Waals surface area contributed by atoms with Gasteiger partial charge in [-0.3, -0.25) is 4.79 Å². The van der Waals surface area contributed by atoms with Crippen molar-refractivity contribution in [3.05, 3.63) is 41.5 Å². The number of aromatic nitrogens is 2. The molecule has 0 spiro atoms. The van der Waals surface area contributed by atoms with E-state index in [9.17, 15) is 4.79 Å². The summed E-state index contributed by atoms with van der Waals surface area (Å²) in [7, 11) is 0. The molecule has 5 heteroatoms. The highest BCUT2D eigenvalue weighted by Gasteiger charge is 2.26. The van der Waals surface area contributed by atoms with Crippen LogP contribution < -0.4 is 9.64 Å². The summed E-state index contributed by atoms with van der Waals surface area (Å²) < 4.78 is 5.86. The number of carbonyl (C=O) groups is 1. The summed E-state index contributed by atoms with van der Waals surface area (Å²) in [6.45, 7) is 15.7. The highest BCUT2D eigenvalue weighted by atomic mass is 16.5. The lowest BCUT2D eigenvalue weighted by Crippen LogP contribution is -2.26. The lowest BCUT2D eigenvalue weighted by Gasteiger charge is -2.23. The fourth-order valence-corrected chi connectivity index (χ4v) is 3.23. The highest BCUT2D eigenvalue weighted by molar-refractivity contribution is 5.85. The molecule has 0 atom stereocenters. The van der Waals surface area contributed by atoms with Gasteiger partial charge in [-0.05, 0) is 83.9 Å². The summed E-state index contributed by atoms with van der Waals surface area (Å²) in [4.78, 5) is 23.0. The number of aromatic amines is 1. The van der Waals surface area contributed by atoms with Crippen LogP contribution in [-0.2, 0) is 4.79 Å². The number of nitrogens with one attached hydrogen (secondary N) is 1. The van der Waals surface area contributed by atoms with Crippen LogP contribution in [0.3, 0.4) is 0 Å². The topological polar surface area (TPSA) is 58.2 Å². The van der Waals surface area contributed by atoms with Crippen molar-refractivity contribution in [2.75, 3.05) is 18.0 Å². The van der Waals surface area contributed by atoms with E-state index in [-0.39, 0.29) is 5.97 Å². The van der Waals surface area contributed by atoms with Gasteiger partial charge >= 0.3 is 5.97 Å². The second kappa shape index (κ2) is 7.90. The lowest BCUT2D eigenvalue weighted by molar-refractivity contribution is -0.142. The zero-order chi connectivity index (χ0) is 21.3.